The van der Waals surface area contributed by atoms with Crippen LogP contribution < -0.4 is 33.9 Å². The van der Waals surface area contributed by atoms with Crippen molar-refractivity contribution < 1.29 is 47.6 Å². The van der Waals surface area contributed by atoms with Crippen LogP contribution in [0.25, 0.3) is 21.9 Å². The van der Waals surface area contributed by atoms with Crippen molar-refractivity contribution in [2.24, 2.45) is 5.92 Å². The van der Waals surface area contributed by atoms with Crippen LogP contribution in [0.3, 0.4) is 0 Å². The van der Waals surface area contributed by atoms with E-state index in [1.165, 1.54) is 42.7 Å². The molecule has 0 aliphatic heterocycles. The zero-order valence-electron chi connectivity index (χ0n) is 27.3. The number of ether oxygens (including phenoxy) is 7. The molecule has 0 radical (unpaired) electrons. The van der Waals surface area contributed by atoms with Crippen LogP contribution in [0.4, 0.5) is 0 Å². The van der Waals surface area contributed by atoms with E-state index in [2.05, 4.69) is 5.48 Å². The highest BCUT2D eigenvalue weighted by Crippen LogP contribution is 2.53. The second kappa shape index (κ2) is 15.2. The molecule has 0 unspecified atom stereocenters. The normalized spacial score (nSPS) is 10.8. The van der Waals surface area contributed by atoms with Gasteiger partial charge < -0.3 is 38.0 Å². The summed E-state index contributed by atoms with van der Waals surface area (Å²) >= 11 is 0. The van der Waals surface area contributed by atoms with Crippen LogP contribution in [0.15, 0.2) is 54.6 Å². The van der Waals surface area contributed by atoms with Gasteiger partial charge in [-0.1, -0.05) is 50.2 Å². The molecule has 46 heavy (non-hydrogen) atoms. The standard InChI is InChI=1S/C35H39NO10/c1-20(2)18-36-46-35(38)30-29(34(37)44-8)27(22-14-15-24(39-3)25(16-22)40-4)28-23(17-26(41-5)32(42-6)33(28)43-7)31(30)45-19-21-12-10-9-11-13-21/h9-17,20,36H,18-19H2,1-8H3. The fraction of sp³-hybridized carbons (Fsp3) is 0.314. The molecule has 11 heteroatoms. The number of carbonyl (C=O) groups excluding carboxylic acids is 2. The highest BCUT2D eigenvalue weighted by molar-refractivity contribution is 6.20. The molecule has 4 rings (SSSR count). The van der Waals surface area contributed by atoms with Crippen molar-refractivity contribution in [3.63, 3.8) is 0 Å². The minimum absolute atomic E-state index is 0.0547. The molecule has 0 saturated carbocycles. The highest BCUT2D eigenvalue weighted by atomic mass is 16.7. The molecule has 0 aliphatic rings. The molecule has 0 spiro atoms. The van der Waals surface area contributed by atoms with Crippen molar-refractivity contribution in [2.45, 2.75) is 20.5 Å². The number of fused-ring (bicyclic) bond motifs is 1. The van der Waals surface area contributed by atoms with Crippen LogP contribution >= 0.6 is 0 Å². The number of rotatable bonds is 14. The lowest BCUT2D eigenvalue weighted by molar-refractivity contribution is 0.0222. The minimum Gasteiger partial charge on any atom is -0.493 e. The van der Waals surface area contributed by atoms with Crippen LogP contribution in [-0.2, 0) is 16.2 Å². The van der Waals surface area contributed by atoms with Gasteiger partial charge in [0.05, 0.1) is 48.2 Å². The molecule has 0 heterocycles. The molecule has 244 valence electrons. The summed E-state index contributed by atoms with van der Waals surface area (Å²) in [7, 11) is 8.67. The summed E-state index contributed by atoms with van der Waals surface area (Å²) in [4.78, 5) is 33.5. The molecular weight excluding hydrogens is 594 g/mol. The first-order chi connectivity index (χ1) is 22.2. The number of carbonyl (C=O) groups is 2. The molecule has 4 aromatic rings. The topological polar surface area (TPSA) is 120 Å². The molecule has 0 amide bonds. The van der Waals surface area contributed by atoms with Gasteiger partial charge in [-0.05, 0) is 35.2 Å². The zero-order valence-corrected chi connectivity index (χ0v) is 27.3. The van der Waals surface area contributed by atoms with E-state index < -0.39 is 11.9 Å². The molecule has 0 aromatic heterocycles. The first-order valence-electron chi connectivity index (χ1n) is 14.5. The van der Waals surface area contributed by atoms with E-state index in [1.54, 1.807) is 24.3 Å². The molecule has 11 nitrogen and oxygen atoms in total. The van der Waals surface area contributed by atoms with Gasteiger partial charge in [-0.2, -0.15) is 5.48 Å². The molecular formula is C35H39NO10. The van der Waals surface area contributed by atoms with E-state index in [9.17, 15) is 9.59 Å². The van der Waals surface area contributed by atoms with Crippen LogP contribution in [0.2, 0.25) is 0 Å². The maximum Gasteiger partial charge on any atom is 0.361 e. The molecule has 0 bridgehead atoms. The summed E-state index contributed by atoms with van der Waals surface area (Å²) in [5.74, 6) is 0.188. The smallest absolute Gasteiger partial charge is 0.361 e. The Bertz CT molecular complexity index is 1700. The van der Waals surface area contributed by atoms with Crippen molar-refractivity contribution in [3.05, 3.63) is 71.3 Å². The Balaban J connectivity index is 2.23. The lowest BCUT2D eigenvalue weighted by Crippen LogP contribution is -2.26. The van der Waals surface area contributed by atoms with Gasteiger partial charge in [-0.15, -0.1) is 0 Å². The Kier molecular flexibility index (Phi) is 11.2. The Morgan fingerprint density at radius 3 is 1.96 bits per heavy atom. The maximum atomic E-state index is 14.1. The molecule has 0 atom stereocenters. The molecule has 0 aliphatic carbocycles. The van der Waals surface area contributed by atoms with Crippen LogP contribution in [0, 0.1) is 5.92 Å². The summed E-state index contributed by atoms with van der Waals surface area (Å²) in [5, 5.41) is 0.779. The van der Waals surface area contributed by atoms with Crippen LogP contribution in [0.5, 0.6) is 34.5 Å². The van der Waals surface area contributed by atoms with Gasteiger partial charge in [0.1, 0.15) is 17.9 Å². The summed E-state index contributed by atoms with van der Waals surface area (Å²) in [6.45, 7) is 4.36. The number of hydrogen-bond donors (Lipinski definition) is 1. The molecule has 0 saturated heterocycles. The fourth-order valence-electron chi connectivity index (χ4n) is 5.07. The van der Waals surface area contributed by atoms with Gasteiger partial charge >= 0.3 is 11.9 Å². The van der Waals surface area contributed by atoms with E-state index in [0.29, 0.717) is 40.1 Å². The predicted molar refractivity (Wildman–Crippen MR) is 173 cm³/mol. The van der Waals surface area contributed by atoms with E-state index in [4.69, 9.17) is 38.0 Å². The van der Waals surface area contributed by atoms with Crippen LogP contribution in [-0.4, -0.2) is 61.1 Å². The quantitative estimate of drug-likeness (QED) is 0.126. The van der Waals surface area contributed by atoms with Gasteiger partial charge in [0.2, 0.25) is 5.75 Å². The first-order valence-corrected chi connectivity index (χ1v) is 14.5. The van der Waals surface area contributed by atoms with Crippen molar-refractivity contribution in [1.29, 1.82) is 0 Å². The summed E-state index contributed by atoms with van der Waals surface area (Å²) < 4.78 is 40.2. The summed E-state index contributed by atoms with van der Waals surface area (Å²) in [5.41, 5.74) is 4.01. The Hall–Kier alpha value is -5.16. The number of hydrogen-bond acceptors (Lipinski definition) is 11. The number of hydroxylamine groups is 1. The Morgan fingerprint density at radius 1 is 0.696 bits per heavy atom. The van der Waals surface area contributed by atoms with Crippen molar-refractivity contribution in [2.75, 3.05) is 49.2 Å². The van der Waals surface area contributed by atoms with E-state index in [-0.39, 0.29) is 46.5 Å². The third-order valence-electron chi connectivity index (χ3n) is 7.20. The third-order valence-corrected chi connectivity index (χ3v) is 7.20. The van der Waals surface area contributed by atoms with Gasteiger partial charge in [-0.3, -0.25) is 0 Å². The first kappa shape index (κ1) is 33.7. The molecule has 0 fully saturated rings. The average molecular weight is 634 g/mol. The minimum atomic E-state index is -0.860. The maximum absolute atomic E-state index is 14.1. The summed E-state index contributed by atoms with van der Waals surface area (Å²) in [6, 6.07) is 16.2. The monoisotopic (exact) mass is 633 g/mol. The largest absolute Gasteiger partial charge is 0.493 e. The molecule has 1 N–H and O–H groups in total. The SMILES string of the molecule is COC(=O)c1c(C(=O)ONCC(C)C)c(OCc2ccccc2)c2cc(OC)c(OC)c(OC)c2c1-c1ccc(OC)c(OC)c1. The van der Waals surface area contributed by atoms with E-state index in [1.807, 2.05) is 44.2 Å². The van der Waals surface area contributed by atoms with Crippen molar-refractivity contribution >= 4 is 22.7 Å². The van der Waals surface area contributed by atoms with E-state index >= 15 is 0 Å². The summed E-state index contributed by atoms with van der Waals surface area (Å²) in [6.07, 6.45) is 0. The highest BCUT2D eigenvalue weighted by Gasteiger charge is 2.35. The van der Waals surface area contributed by atoms with E-state index in [0.717, 1.165) is 5.56 Å². The second-order valence-electron chi connectivity index (χ2n) is 10.5. The number of benzene rings is 4. The zero-order chi connectivity index (χ0) is 33.4. The third kappa shape index (κ3) is 6.74. The second-order valence-corrected chi connectivity index (χ2v) is 10.5. The van der Waals surface area contributed by atoms with Gasteiger partial charge in [0, 0.05) is 22.9 Å². The van der Waals surface area contributed by atoms with Crippen molar-refractivity contribution in [3.8, 4) is 45.6 Å². The van der Waals surface area contributed by atoms with Crippen molar-refractivity contribution in [1.82, 2.24) is 5.48 Å². The lowest BCUT2D eigenvalue weighted by atomic mass is 9.87. The average Bonchev–Trinajstić information content (AvgIpc) is 3.08. The Labute approximate surface area is 268 Å². The van der Waals surface area contributed by atoms with Crippen LogP contribution in [0.1, 0.15) is 40.1 Å². The number of esters is 1. The number of nitrogens with one attached hydrogen (secondary N) is 1. The Morgan fingerprint density at radius 2 is 1.37 bits per heavy atom. The van der Waals surface area contributed by atoms with Gasteiger partial charge in [0.15, 0.2) is 23.0 Å². The predicted octanol–water partition coefficient (Wildman–Crippen LogP) is 6.23. The lowest BCUT2D eigenvalue weighted by Gasteiger charge is -2.24. The fourth-order valence-corrected chi connectivity index (χ4v) is 5.07. The molecule has 4 aromatic carbocycles. The van der Waals surface area contributed by atoms with Gasteiger partial charge in [-0.25, -0.2) is 9.59 Å². The van der Waals surface area contributed by atoms with Gasteiger partial charge in [0.25, 0.3) is 0 Å². The number of methoxy groups -OCH3 is 6.